The Hall–Kier alpha value is -0.800. The van der Waals surface area contributed by atoms with E-state index in [4.69, 9.17) is 23.2 Å². The zero-order valence-corrected chi connectivity index (χ0v) is 6.82. The summed E-state index contributed by atoms with van der Waals surface area (Å²) in [7, 11) is 0. The van der Waals surface area contributed by atoms with Crippen molar-refractivity contribution in [2.24, 2.45) is 0 Å². The van der Waals surface area contributed by atoms with Crippen molar-refractivity contribution < 1.29 is 0 Å². The summed E-state index contributed by atoms with van der Waals surface area (Å²) in [6, 6.07) is 0. The predicted octanol–water partition coefficient (Wildman–Crippen LogP) is 2.26. The third-order valence-corrected chi connectivity index (χ3v) is 1.81. The third kappa shape index (κ3) is 1.06. The normalized spacial score (nSPS) is 10.7. The second-order valence-electron chi connectivity index (χ2n) is 2.04. The molecule has 2 aromatic rings. The molecule has 3 nitrogen and oxygen atoms in total. The van der Waals surface area contributed by atoms with Gasteiger partial charge in [0.05, 0.1) is 16.7 Å². The van der Waals surface area contributed by atoms with Crippen LogP contribution in [0.25, 0.3) is 11.0 Å². The second kappa shape index (κ2) is 2.36. The number of hydrogen-bond acceptors (Lipinski definition) is 2. The number of nitrogens with zero attached hydrogens (tertiary/aromatic N) is 2. The van der Waals surface area contributed by atoms with Crippen molar-refractivity contribution in [3.8, 4) is 0 Å². The fourth-order valence-corrected chi connectivity index (χ4v) is 1.19. The van der Waals surface area contributed by atoms with Crippen molar-refractivity contribution in [2.75, 3.05) is 0 Å². The highest BCUT2D eigenvalue weighted by Crippen LogP contribution is 2.20. The molecule has 0 aliphatic heterocycles. The minimum atomic E-state index is 0.207. The van der Waals surface area contributed by atoms with Gasteiger partial charge in [0.25, 0.3) is 0 Å². The lowest BCUT2D eigenvalue weighted by Gasteiger charge is -1.88. The molecule has 0 saturated heterocycles. The van der Waals surface area contributed by atoms with E-state index in [1.54, 1.807) is 12.4 Å². The van der Waals surface area contributed by atoms with Crippen LogP contribution in [-0.4, -0.2) is 15.0 Å². The Kier molecular flexibility index (Phi) is 1.47. The van der Waals surface area contributed by atoms with Crippen LogP contribution in [0.3, 0.4) is 0 Å². The van der Waals surface area contributed by atoms with Gasteiger partial charge in [-0.15, -0.1) is 0 Å². The highest BCUT2D eigenvalue weighted by molar-refractivity contribution is 6.35. The van der Waals surface area contributed by atoms with Crippen LogP contribution in [0.4, 0.5) is 0 Å². The van der Waals surface area contributed by atoms with Gasteiger partial charge in [-0.05, 0) is 11.6 Å². The second-order valence-corrected chi connectivity index (χ2v) is 2.78. The van der Waals surface area contributed by atoms with Crippen LogP contribution in [0.1, 0.15) is 0 Å². The Labute approximate surface area is 72.4 Å². The van der Waals surface area contributed by atoms with Gasteiger partial charge in [-0.3, -0.25) is 0 Å². The minimum Gasteiger partial charge on any atom is -0.357 e. The maximum atomic E-state index is 5.76. The molecule has 1 N–H and O–H groups in total. The molecule has 0 unspecified atom stereocenters. The first kappa shape index (κ1) is 6.88. The van der Waals surface area contributed by atoms with Gasteiger partial charge in [0.2, 0.25) is 5.28 Å². The Morgan fingerprint density at radius 3 is 3.00 bits per heavy atom. The van der Waals surface area contributed by atoms with Crippen molar-refractivity contribution in [1.29, 1.82) is 0 Å². The lowest BCUT2D eigenvalue weighted by molar-refractivity contribution is 1.22. The summed E-state index contributed by atoms with van der Waals surface area (Å²) < 4.78 is 0. The van der Waals surface area contributed by atoms with Gasteiger partial charge in [0.1, 0.15) is 5.52 Å². The monoisotopic (exact) mass is 187 g/mol. The van der Waals surface area contributed by atoms with E-state index in [1.807, 2.05) is 0 Å². The molecule has 0 spiro atoms. The topological polar surface area (TPSA) is 41.6 Å². The summed E-state index contributed by atoms with van der Waals surface area (Å²) in [5.41, 5.74) is 1.45. The van der Waals surface area contributed by atoms with Crippen LogP contribution in [-0.2, 0) is 0 Å². The van der Waals surface area contributed by atoms with Gasteiger partial charge in [-0.25, -0.2) is 9.97 Å². The Balaban J connectivity index is 2.87. The van der Waals surface area contributed by atoms with Crippen molar-refractivity contribution >= 4 is 34.2 Å². The van der Waals surface area contributed by atoms with Gasteiger partial charge in [0.15, 0.2) is 0 Å². The molecular formula is C6H3Cl2N3. The SMILES string of the molecule is Clc1ncc2[nH]cc(Cl)c2n1. The first-order valence-corrected chi connectivity index (χ1v) is 3.68. The number of fused-ring (bicyclic) bond motifs is 1. The first-order valence-electron chi connectivity index (χ1n) is 2.92. The molecule has 0 bridgehead atoms. The zero-order valence-electron chi connectivity index (χ0n) is 5.31. The molecule has 0 atom stereocenters. The summed E-state index contributed by atoms with van der Waals surface area (Å²) in [4.78, 5) is 10.6. The van der Waals surface area contributed by atoms with Crippen molar-refractivity contribution in [3.63, 3.8) is 0 Å². The maximum Gasteiger partial charge on any atom is 0.223 e. The van der Waals surface area contributed by atoms with Crippen LogP contribution in [0.15, 0.2) is 12.4 Å². The van der Waals surface area contributed by atoms with Gasteiger partial charge in [0, 0.05) is 6.20 Å². The first-order chi connectivity index (χ1) is 5.27. The van der Waals surface area contributed by atoms with Crippen LogP contribution >= 0.6 is 23.2 Å². The van der Waals surface area contributed by atoms with Crippen LogP contribution in [0.2, 0.25) is 10.3 Å². The average Bonchev–Trinajstić information content (AvgIpc) is 2.33. The molecule has 2 rings (SSSR count). The van der Waals surface area contributed by atoms with E-state index >= 15 is 0 Å². The smallest absolute Gasteiger partial charge is 0.223 e. The van der Waals surface area contributed by atoms with Gasteiger partial charge in [-0.1, -0.05) is 11.6 Å². The lowest BCUT2D eigenvalue weighted by atomic mass is 10.5. The molecular weight excluding hydrogens is 185 g/mol. The third-order valence-electron chi connectivity index (χ3n) is 1.34. The molecule has 0 saturated carbocycles. The average molecular weight is 188 g/mol. The molecule has 0 amide bonds. The van der Waals surface area contributed by atoms with E-state index < -0.39 is 0 Å². The van der Waals surface area contributed by atoms with E-state index in [9.17, 15) is 0 Å². The van der Waals surface area contributed by atoms with E-state index in [0.29, 0.717) is 10.5 Å². The summed E-state index contributed by atoms with van der Waals surface area (Å²) >= 11 is 11.3. The molecule has 0 aliphatic carbocycles. The molecule has 0 radical (unpaired) electrons. The molecule has 11 heavy (non-hydrogen) atoms. The fraction of sp³-hybridized carbons (Fsp3) is 0. The van der Waals surface area contributed by atoms with E-state index in [2.05, 4.69) is 15.0 Å². The number of rotatable bonds is 0. The van der Waals surface area contributed by atoms with E-state index in [1.165, 1.54) is 0 Å². The van der Waals surface area contributed by atoms with Crippen molar-refractivity contribution in [1.82, 2.24) is 15.0 Å². The van der Waals surface area contributed by atoms with Gasteiger partial charge < -0.3 is 4.98 Å². The molecule has 2 aromatic heterocycles. The molecule has 2 heterocycles. The fourth-order valence-electron chi connectivity index (χ4n) is 0.857. The number of aromatic amines is 1. The van der Waals surface area contributed by atoms with E-state index in [-0.39, 0.29) is 5.28 Å². The predicted molar refractivity (Wildman–Crippen MR) is 43.9 cm³/mol. The lowest BCUT2D eigenvalue weighted by Crippen LogP contribution is -1.80. The van der Waals surface area contributed by atoms with E-state index in [0.717, 1.165) is 5.52 Å². The summed E-state index contributed by atoms with van der Waals surface area (Å²) in [5, 5.41) is 0.767. The highest BCUT2D eigenvalue weighted by atomic mass is 35.5. The van der Waals surface area contributed by atoms with Crippen LogP contribution in [0.5, 0.6) is 0 Å². The quantitative estimate of drug-likeness (QED) is 0.644. The molecule has 0 aromatic carbocycles. The molecule has 5 heteroatoms. The molecule has 0 aliphatic rings. The number of H-pyrrole nitrogens is 1. The highest BCUT2D eigenvalue weighted by Gasteiger charge is 2.02. The number of aromatic nitrogens is 3. The summed E-state index contributed by atoms with van der Waals surface area (Å²) in [6.45, 7) is 0. The largest absolute Gasteiger partial charge is 0.357 e. The number of hydrogen-bond donors (Lipinski definition) is 1. The molecule has 0 fully saturated rings. The van der Waals surface area contributed by atoms with Crippen LogP contribution < -0.4 is 0 Å². The Bertz CT molecular complexity index is 396. The summed E-state index contributed by atoms with van der Waals surface area (Å²) in [6.07, 6.45) is 3.24. The minimum absolute atomic E-state index is 0.207. The Morgan fingerprint density at radius 1 is 1.36 bits per heavy atom. The van der Waals surface area contributed by atoms with Gasteiger partial charge >= 0.3 is 0 Å². The van der Waals surface area contributed by atoms with Gasteiger partial charge in [-0.2, -0.15) is 0 Å². The molecule has 56 valence electrons. The summed E-state index contributed by atoms with van der Waals surface area (Å²) in [5.74, 6) is 0. The Morgan fingerprint density at radius 2 is 2.18 bits per heavy atom. The standard InChI is InChI=1S/C6H3Cl2N3/c7-3-1-9-4-2-10-6(8)11-5(3)4/h1-2,9H. The van der Waals surface area contributed by atoms with Crippen molar-refractivity contribution in [3.05, 3.63) is 22.7 Å². The maximum absolute atomic E-state index is 5.76. The number of halogens is 2. The van der Waals surface area contributed by atoms with Crippen LogP contribution in [0, 0.1) is 0 Å². The van der Waals surface area contributed by atoms with Crippen molar-refractivity contribution in [2.45, 2.75) is 0 Å². The zero-order chi connectivity index (χ0) is 7.84. The number of nitrogens with one attached hydrogen (secondary N) is 1.